The largest absolute Gasteiger partial charge is 0.396 e. The minimum Gasteiger partial charge on any atom is -0.396 e. The number of ketones is 1. The number of hydrogen-bond donors (Lipinski definition) is 1. The molecule has 1 aromatic rings. The van der Waals surface area contributed by atoms with Gasteiger partial charge in [-0.2, -0.15) is 5.26 Å². The molecule has 1 heterocycles. The van der Waals surface area contributed by atoms with E-state index < -0.39 is 0 Å². The maximum atomic E-state index is 11.5. The Morgan fingerprint density at radius 3 is 2.33 bits per heavy atom. The van der Waals surface area contributed by atoms with Gasteiger partial charge >= 0.3 is 0 Å². The first kappa shape index (κ1) is 14.5. The van der Waals surface area contributed by atoms with Crippen LogP contribution in [0.5, 0.6) is 0 Å². The summed E-state index contributed by atoms with van der Waals surface area (Å²) >= 11 is 1.34. The van der Waals surface area contributed by atoms with Crippen LogP contribution in [-0.2, 0) is 0 Å². The molecule has 0 bridgehead atoms. The molecule has 0 aliphatic heterocycles. The molecule has 1 rings (SSSR count). The summed E-state index contributed by atoms with van der Waals surface area (Å²) in [5.41, 5.74) is 6.67. The summed E-state index contributed by atoms with van der Waals surface area (Å²) in [7, 11) is 0. The molecule has 0 fully saturated rings. The Balaban J connectivity index is 3.25. The number of thiophene rings is 1. The van der Waals surface area contributed by atoms with Gasteiger partial charge in [-0.15, -0.1) is 11.3 Å². The molecule has 0 radical (unpaired) electrons. The molecule has 5 heteroatoms. The molecule has 0 saturated heterocycles. The average Bonchev–Trinajstić information content (AvgIpc) is 2.66. The lowest BCUT2D eigenvalue weighted by Crippen LogP contribution is -2.24. The zero-order chi connectivity index (χ0) is 13.7. The molecule has 0 atom stereocenters. The standard InChI is InChI=1S/C13H19N3OS/c1-4-6-16(7-5-2)13-10(8-14)11(15)12(18-13)9(3)17/h4-7,15H2,1-3H3. The SMILES string of the molecule is CCCN(CCC)c1sc(C(C)=O)c(N)c1C#N. The molecule has 0 saturated carbocycles. The summed E-state index contributed by atoms with van der Waals surface area (Å²) in [6.45, 7) is 7.42. The van der Waals surface area contributed by atoms with E-state index in [0.717, 1.165) is 30.9 Å². The lowest BCUT2D eigenvalue weighted by molar-refractivity contribution is 0.102. The third-order valence-electron chi connectivity index (χ3n) is 2.63. The van der Waals surface area contributed by atoms with Crippen molar-refractivity contribution in [3.63, 3.8) is 0 Å². The Kier molecular flexibility index (Phi) is 5.17. The second kappa shape index (κ2) is 6.41. The summed E-state index contributed by atoms with van der Waals surface area (Å²) in [6.07, 6.45) is 2.00. The molecule has 0 amide bonds. The first-order valence-corrected chi connectivity index (χ1v) is 6.96. The van der Waals surface area contributed by atoms with Crippen molar-refractivity contribution in [1.82, 2.24) is 0 Å². The molecule has 98 valence electrons. The van der Waals surface area contributed by atoms with Gasteiger partial charge in [-0.25, -0.2) is 0 Å². The molecule has 18 heavy (non-hydrogen) atoms. The van der Waals surface area contributed by atoms with Crippen molar-refractivity contribution in [3.05, 3.63) is 10.4 Å². The number of nitrogens with two attached hydrogens (primary N) is 1. The molecule has 4 nitrogen and oxygen atoms in total. The van der Waals surface area contributed by atoms with Gasteiger partial charge in [0.25, 0.3) is 0 Å². The van der Waals surface area contributed by atoms with E-state index in [2.05, 4.69) is 24.8 Å². The molecular formula is C13H19N3OS. The van der Waals surface area contributed by atoms with Crippen LogP contribution in [0, 0.1) is 11.3 Å². The van der Waals surface area contributed by atoms with Gasteiger partial charge in [0, 0.05) is 20.0 Å². The summed E-state index contributed by atoms with van der Waals surface area (Å²) in [4.78, 5) is 14.1. The molecule has 0 unspecified atom stereocenters. The second-order valence-corrected chi connectivity index (χ2v) is 5.18. The number of rotatable bonds is 6. The van der Waals surface area contributed by atoms with Crippen molar-refractivity contribution in [2.75, 3.05) is 23.7 Å². The third kappa shape index (κ3) is 2.82. The molecule has 0 aliphatic carbocycles. The van der Waals surface area contributed by atoms with E-state index in [9.17, 15) is 10.1 Å². The smallest absolute Gasteiger partial charge is 0.171 e. The van der Waals surface area contributed by atoms with Crippen LogP contribution in [0.2, 0.25) is 0 Å². The summed E-state index contributed by atoms with van der Waals surface area (Å²) in [6, 6.07) is 2.13. The quantitative estimate of drug-likeness (QED) is 0.803. The highest BCUT2D eigenvalue weighted by atomic mass is 32.1. The van der Waals surface area contributed by atoms with Gasteiger partial charge in [0.15, 0.2) is 5.78 Å². The third-order valence-corrected chi connectivity index (χ3v) is 4.00. The maximum absolute atomic E-state index is 11.5. The highest BCUT2D eigenvalue weighted by molar-refractivity contribution is 7.19. The predicted octanol–water partition coefficient (Wildman–Crippen LogP) is 3.03. The van der Waals surface area contributed by atoms with E-state index in [4.69, 9.17) is 5.73 Å². The average molecular weight is 265 g/mol. The Labute approximate surface area is 112 Å². The van der Waals surface area contributed by atoms with E-state index >= 15 is 0 Å². The number of nitriles is 1. The van der Waals surface area contributed by atoms with E-state index in [-0.39, 0.29) is 5.78 Å². The highest BCUT2D eigenvalue weighted by Crippen LogP contribution is 2.38. The Morgan fingerprint density at radius 2 is 1.94 bits per heavy atom. The molecule has 0 aromatic carbocycles. The first-order chi connectivity index (χ1) is 8.56. The van der Waals surface area contributed by atoms with Crippen molar-refractivity contribution >= 4 is 27.8 Å². The van der Waals surface area contributed by atoms with Crippen LogP contribution in [0.3, 0.4) is 0 Å². The van der Waals surface area contributed by atoms with Crippen LogP contribution in [0.15, 0.2) is 0 Å². The fraction of sp³-hybridized carbons (Fsp3) is 0.538. The minimum atomic E-state index is -0.0757. The van der Waals surface area contributed by atoms with Gasteiger partial charge < -0.3 is 10.6 Å². The Hall–Kier alpha value is -1.54. The molecular weight excluding hydrogens is 246 g/mol. The normalized spacial score (nSPS) is 10.1. The monoisotopic (exact) mass is 265 g/mol. The van der Waals surface area contributed by atoms with Gasteiger partial charge in [-0.05, 0) is 12.8 Å². The molecule has 0 spiro atoms. The van der Waals surface area contributed by atoms with E-state index in [1.165, 1.54) is 18.3 Å². The molecule has 0 aliphatic rings. The minimum absolute atomic E-state index is 0.0757. The number of carbonyl (C=O) groups excluding carboxylic acids is 1. The first-order valence-electron chi connectivity index (χ1n) is 6.14. The van der Waals surface area contributed by atoms with Crippen molar-refractivity contribution in [1.29, 1.82) is 5.26 Å². The summed E-state index contributed by atoms with van der Waals surface area (Å²) in [5.74, 6) is -0.0757. The van der Waals surface area contributed by atoms with Gasteiger partial charge in [0.1, 0.15) is 16.6 Å². The van der Waals surface area contributed by atoms with Gasteiger partial charge in [-0.1, -0.05) is 13.8 Å². The lowest BCUT2D eigenvalue weighted by Gasteiger charge is -2.22. The number of nitrogens with zero attached hydrogens (tertiary/aromatic N) is 2. The Morgan fingerprint density at radius 1 is 1.39 bits per heavy atom. The van der Waals surface area contributed by atoms with E-state index in [1.54, 1.807) is 0 Å². The number of carbonyl (C=O) groups is 1. The summed E-state index contributed by atoms with van der Waals surface area (Å²) in [5, 5.41) is 10.1. The van der Waals surface area contributed by atoms with Crippen LogP contribution in [0.1, 0.15) is 48.8 Å². The molecule has 1 aromatic heterocycles. The second-order valence-electron chi connectivity index (χ2n) is 4.18. The van der Waals surface area contributed by atoms with Crippen molar-refractivity contribution < 1.29 is 4.79 Å². The zero-order valence-electron chi connectivity index (χ0n) is 11.1. The van der Waals surface area contributed by atoms with E-state index in [0.29, 0.717) is 16.1 Å². The predicted molar refractivity (Wildman–Crippen MR) is 76.2 cm³/mol. The van der Waals surface area contributed by atoms with Crippen LogP contribution < -0.4 is 10.6 Å². The topological polar surface area (TPSA) is 70.1 Å². The number of hydrogen-bond acceptors (Lipinski definition) is 5. The van der Waals surface area contributed by atoms with Gasteiger partial charge in [0.2, 0.25) is 0 Å². The fourth-order valence-electron chi connectivity index (χ4n) is 1.88. The number of nitrogen functional groups attached to an aromatic ring is 1. The maximum Gasteiger partial charge on any atom is 0.171 e. The van der Waals surface area contributed by atoms with E-state index in [1.807, 2.05) is 0 Å². The summed E-state index contributed by atoms with van der Waals surface area (Å²) < 4.78 is 0. The number of anilines is 2. The lowest BCUT2D eigenvalue weighted by atomic mass is 10.2. The van der Waals surface area contributed by atoms with Crippen LogP contribution in [0.25, 0.3) is 0 Å². The zero-order valence-corrected chi connectivity index (χ0v) is 11.9. The van der Waals surface area contributed by atoms with Crippen molar-refractivity contribution in [2.24, 2.45) is 0 Å². The number of Topliss-reactive ketones (excluding diaryl/α,β-unsaturated/α-hetero) is 1. The highest BCUT2D eigenvalue weighted by Gasteiger charge is 2.21. The van der Waals surface area contributed by atoms with Gasteiger partial charge in [0.05, 0.1) is 10.6 Å². The van der Waals surface area contributed by atoms with Crippen LogP contribution in [0.4, 0.5) is 10.7 Å². The van der Waals surface area contributed by atoms with Crippen molar-refractivity contribution in [3.8, 4) is 6.07 Å². The van der Waals surface area contributed by atoms with Crippen LogP contribution in [-0.4, -0.2) is 18.9 Å². The van der Waals surface area contributed by atoms with Gasteiger partial charge in [-0.3, -0.25) is 4.79 Å². The van der Waals surface area contributed by atoms with Crippen LogP contribution >= 0.6 is 11.3 Å². The molecule has 2 N–H and O–H groups in total. The fourth-order valence-corrected chi connectivity index (χ4v) is 3.00. The Bertz CT molecular complexity index is 467. The van der Waals surface area contributed by atoms with Crippen molar-refractivity contribution in [2.45, 2.75) is 33.6 Å².